The molecule has 0 amide bonds. The van der Waals surface area contributed by atoms with E-state index < -0.39 is 5.60 Å². The summed E-state index contributed by atoms with van der Waals surface area (Å²) in [5.74, 6) is 1.58. The molecule has 3 fully saturated rings. The van der Waals surface area contributed by atoms with E-state index in [1.165, 1.54) is 5.57 Å². The lowest BCUT2D eigenvalue weighted by Gasteiger charge is -2.59. The molecule has 3 saturated carbocycles. The van der Waals surface area contributed by atoms with Crippen molar-refractivity contribution in [2.24, 2.45) is 28.6 Å². The molecule has 0 unspecified atom stereocenters. The Labute approximate surface area is 188 Å². The highest BCUT2D eigenvalue weighted by molar-refractivity contribution is 9.09. The number of ether oxygens (including phenoxy) is 1. The first kappa shape index (κ1) is 22.2. The van der Waals surface area contributed by atoms with Gasteiger partial charge in [0.2, 0.25) is 0 Å². The van der Waals surface area contributed by atoms with Crippen molar-refractivity contribution in [2.75, 3.05) is 5.33 Å². The predicted molar refractivity (Wildman–Crippen MR) is 119 cm³/mol. The molecule has 0 bridgehead atoms. The maximum absolute atomic E-state index is 13.0. The first-order valence-electron chi connectivity index (χ1n) is 11.7. The number of rotatable bonds is 5. The van der Waals surface area contributed by atoms with Gasteiger partial charge in [-0.15, -0.1) is 0 Å². The molecule has 0 heterocycles. The number of allylic oxidation sites excluding steroid dienone is 1. The first-order valence-corrected chi connectivity index (χ1v) is 12.8. The Morgan fingerprint density at radius 3 is 2.53 bits per heavy atom. The molecule has 4 nitrogen and oxygen atoms in total. The van der Waals surface area contributed by atoms with Crippen LogP contribution in [0.3, 0.4) is 0 Å². The largest absolute Gasteiger partial charge is 0.450 e. The fraction of sp³-hybridized carbons (Fsp3) is 0.800. The van der Waals surface area contributed by atoms with E-state index in [1.54, 1.807) is 6.92 Å². The van der Waals surface area contributed by atoms with Crippen LogP contribution in [0.4, 0.5) is 0 Å². The van der Waals surface area contributed by atoms with Crippen molar-refractivity contribution in [3.05, 3.63) is 11.6 Å². The monoisotopic (exact) mass is 478 g/mol. The second-order valence-corrected chi connectivity index (χ2v) is 11.4. The molecule has 4 aliphatic rings. The lowest BCUT2D eigenvalue weighted by molar-refractivity contribution is -0.189. The number of fused-ring (bicyclic) bond motifs is 5. The van der Waals surface area contributed by atoms with Gasteiger partial charge in [0.25, 0.3) is 0 Å². The summed E-state index contributed by atoms with van der Waals surface area (Å²) in [5.41, 5.74) is 0.227. The van der Waals surface area contributed by atoms with Gasteiger partial charge in [-0.1, -0.05) is 35.4 Å². The summed E-state index contributed by atoms with van der Waals surface area (Å²) in [6.45, 7) is 6.21. The van der Waals surface area contributed by atoms with E-state index in [4.69, 9.17) is 4.74 Å². The molecular formula is C25H35BrO4. The van der Waals surface area contributed by atoms with Crippen molar-refractivity contribution >= 4 is 33.5 Å². The number of hydrogen-bond donors (Lipinski definition) is 0. The highest BCUT2D eigenvalue weighted by Crippen LogP contribution is 2.68. The third-order valence-electron chi connectivity index (χ3n) is 9.45. The standard InChI is InChI=1S/C25H35BrO4/c1-16(27)25(30-22(29)5-4-14-26)13-10-21-19-7-6-17-15-18(28)8-11-23(17,2)20(19)9-12-24(21,25)3/h15,19-21H,4-14H2,1-3H3/t19-,20+,21+,23+,24+,25+/m1/s1. The highest BCUT2D eigenvalue weighted by Gasteiger charge is 2.67. The van der Waals surface area contributed by atoms with Gasteiger partial charge in [0.05, 0.1) is 0 Å². The average molecular weight is 479 g/mol. The van der Waals surface area contributed by atoms with Crippen LogP contribution in [0, 0.1) is 28.6 Å². The minimum Gasteiger partial charge on any atom is -0.450 e. The van der Waals surface area contributed by atoms with Crippen LogP contribution in [0.15, 0.2) is 11.6 Å². The maximum atomic E-state index is 13.0. The lowest BCUT2D eigenvalue weighted by Crippen LogP contribution is -2.58. The number of halogens is 1. The summed E-state index contributed by atoms with van der Waals surface area (Å²) >= 11 is 3.37. The van der Waals surface area contributed by atoms with Crippen LogP contribution in [0.5, 0.6) is 0 Å². The van der Waals surface area contributed by atoms with Crippen LogP contribution in [-0.4, -0.2) is 28.5 Å². The zero-order chi connectivity index (χ0) is 21.7. The third kappa shape index (κ3) is 3.17. The SMILES string of the molecule is CC(=O)[C@@]1(OC(=O)CCCBr)CC[C@H]2[C@@H]3CCC4=CC(=O)CC[C@]4(C)[C@H]3CC[C@@]21C. The van der Waals surface area contributed by atoms with Crippen molar-refractivity contribution in [3.63, 3.8) is 0 Å². The van der Waals surface area contributed by atoms with Crippen molar-refractivity contribution in [1.82, 2.24) is 0 Å². The molecule has 0 N–H and O–H groups in total. The number of alkyl halides is 1. The zero-order valence-electron chi connectivity index (χ0n) is 18.6. The molecule has 0 aliphatic heterocycles. The van der Waals surface area contributed by atoms with Crippen LogP contribution < -0.4 is 0 Å². The van der Waals surface area contributed by atoms with Gasteiger partial charge in [-0.05, 0) is 87.5 Å². The molecule has 5 heteroatoms. The Kier molecular flexibility index (Phi) is 5.83. The highest BCUT2D eigenvalue weighted by atomic mass is 79.9. The summed E-state index contributed by atoms with van der Waals surface area (Å²) in [7, 11) is 0. The Balaban J connectivity index is 1.63. The van der Waals surface area contributed by atoms with Crippen molar-refractivity contribution in [2.45, 2.75) is 90.6 Å². The van der Waals surface area contributed by atoms with E-state index >= 15 is 0 Å². The number of esters is 1. The molecule has 30 heavy (non-hydrogen) atoms. The average Bonchev–Trinajstić information content (AvgIpc) is 3.00. The second kappa shape index (κ2) is 7.86. The minimum absolute atomic E-state index is 0.0176. The molecule has 166 valence electrons. The Morgan fingerprint density at radius 1 is 1.10 bits per heavy atom. The number of hydrogen-bond acceptors (Lipinski definition) is 4. The molecule has 0 saturated heterocycles. The van der Waals surface area contributed by atoms with Gasteiger partial charge in [-0.25, -0.2) is 0 Å². The number of ketones is 2. The fourth-order valence-electron chi connectivity index (χ4n) is 7.83. The van der Waals surface area contributed by atoms with E-state index in [2.05, 4.69) is 29.8 Å². The summed E-state index contributed by atoms with van der Waals surface area (Å²) in [5, 5.41) is 0.760. The van der Waals surface area contributed by atoms with E-state index in [0.717, 1.165) is 50.3 Å². The van der Waals surface area contributed by atoms with Crippen LogP contribution in [-0.2, 0) is 19.1 Å². The first-order chi connectivity index (χ1) is 14.2. The van der Waals surface area contributed by atoms with Gasteiger partial charge in [-0.2, -0.15) is 0 Å². The van der Waals surface area contributed by atoms with Gasteiger partial charge >= 0.3 is 5.97 Å². The molecule has 0 aromatic carbocycles. The summed E-state index contributed by atoms with van der Waals surface area (Å²) < 4.78 is 6.10. The smallest absolute Gasteiger partial charge is 0.306 e. The molecule has 4 rings (SSSR count). The number of Topliss-reactive ketones (excluding diaryl/α,β-unsaturated/α-hetero) is 1. The van der Waals surface area contributed by atoms with Gasteiger partial charge in [0.15, 0.2) is 17.2 Å². The zero-order valence-corrected chi connectivity index (χ0v) is 20.2. The Hall–Kier alpha value is -0.970. The minimum atomic E-state index is -0.967. The van der Waals surface area contributed by atoms with Crippen LogP contribution in [0.1, 0.15) is 85.0 Å². The summed E-state index contributed by atoms with van der Waals surface area (Å²) in [6.07, 6.45) is 10.3. The number of carbonyl (C=O) groups excluding carboxylic acids is 3. The topological polar surface area (TPSA) is 60.4 Å². The Morgan fingerprint density at radius 2 is 1.83 bits per heavy atom. The molecule has 0 aromatic rings. The van der Waals surface area contributed by atoms with E-state index in [-0.39, 0.29) is 28.4 Å². The Bertz CT molecular complexity index is 788. The van der Waals surface area contributed by atoms with Crippen LogP contribution in [0.2, 0.25) is 0 Å². The van der Waals surface area contributed by atoms with E-state index in [0.29, 0.717) is 37.0 Å². The molecule has 0 radical (unpaired) electrons. The fourth-order valence-corrected chi connectivity index (χ4v) is 8.11. The number of carbonyl (C=O) groups is 3. The van der Waals surface area contributed by atoms with Gasteiger partial charge in [0.1, 0.15) is 0 Å². The maximum Gasteiger partial charge on any atom is 0.306 e. The quantitative estimate of drug-likeness (QED) is 0.383. The summed E-state index contributed by atoms with van der Waals surface area (Å²) in [4.78, 5) is 37.6. The molecular weight excluding hydrogens is 444 g/mol. The molecule has 0 aromatic heterocycles. The van der Waals surface area contributed by atoms with E-state index in [9.17, 15) is 14.4 Å². The van der Waals surface area contributed by atoms with Crippen molar-refractivity contribution < 1.29 is 19.1 Å². The van der Waals surface area contributed by atoms with Crippen LogP contribution in [0.25, 0.3) is 0 Å². The molecule has 4 aliphatic carbocycles. The van der Waals surface area contributed by atoms with Crippen molar-refractivity contribution in [3.8, 4) is 0 Å². The third-order valence-corrected chi connectivity index (χ3v) is 10.0. The van der Waals surface area contributed by atoms with Gasteiger partial charge in [-0.3, -0.25) is 14.4 Å². The second-order valence-electron chi connectivity index (χ2n) is 10.6. The lowest BCUT2D eigenvalue weighted by atomic mass is 9.46. The van der Waals surface area contributed by atoms with Gasteiger partial charge in [0, 0.05) is 23.6 Å². The molecule has 6 atom stereocenters. The van der Waals surface area contributed by atoms with Crippen LogP contribution >= 0.6 is 15.9 Å². The predicted octanol–water partition coefficient (Wildman–Crippen LogP) is 5.56. The summed E-state index contributed by atoms with van der Waals surface area (Å²) in [6, 6.07) is 0. The van der Waals surface area contributed by atoms with Crippen molar-refractivity contribution in [1.29, 1.82) is 0 Å². The normalized spacial score (nSPS) is 42.6. The van der Waals surface area contributed by atoms with E-state index in [1.807, 2.05) is 6.08 Å². The van der Waals surface area contributed by atoms with Gasteiger partial charge < -0.3 is 4.74 Å². The molecule has 0 spiro atoms.